The van der Waals surface area contributed by atoms with Crippen molar-refractivity contribution in [2.24, 2.45) is 0 Å². The lowest BCUT2D eigenvalue weighted by Gasteiger charge is -1.89. The molecule has 0 bridgehead atoms. The molecule has 1 aromatic carbocycles. The van der Waals surface area contributed by atoms with Crippen LogP contribution in [0.5, 0.6) is 0 Å². The fraction of sp³-hybridized carbons (Fsp3) is 0. The van der Waals surface area contributed by atoms with Crippen molar-refractivity contribution in [2.75, 3.05) is 0 Å². The topological polar surface area (TPSA) is 65.6 Å². The lowest BCUT2D eigenvalue weighted by atomic mass is 10.2. The zero-order valence-corrected chi connectivity index (χ0v) is 10.6. The molecule has 0 radical (unpaired) electrons. The predicted octanol–water partition coefficient (Wildman–Crippen LogP) is 3.78. The Hall–Kier alpha value is -3.06. The van der Waals surface area contributed by atoms with E-state index >= 15 is 0 Å². The maximum atomic E-state index is 9.23. The molecule has 20 heavy (non-hydrogen) atoms. The molecule has 2 aromatic heterocycles. The van der Waals surface area contributed by atoms with Crippen molar-refractivity contribution in [1.29, 1.82) is 5.26 Å². The van der Waals surface area contributed by atoms with Crippen LogP contribution in [-0.2, 0) is 0 Å². The first-order valence-electron chi connectivity index (χ1n) is 6.14. The number of imidazole rings is 1. The second-order valence-corrected chi connectivity index (χ2v) is 4.17. The molecule has 3 rings (SSSR count). The lowest BCUT2D eigenvalue weighted by molar-refractivity contribution is 0.557. The summed E-state index contributed by atoms with van der Waals surface area (Å²) in [6.45, 7) is 0. The first-order chi connectivity index (χ1) is 9.86. The highest BCUT2D eigenvalue weighted by molar-refractivity contribution is 5.82. The molecule has 0 spiro atoms. The number of nitrogens with zero attached hydrogens (tertiary/aromatic N) is 2. The van der Waals surface area contributed by atoms with Crippen molar-refractivity contribution in [3.8, 4) is 6.07 Å². The molecular weight excluding hydrogens is 250 g/mol. The summed E-state index contributed by atoms with van der Waals surface area (Å²) in [4.78, 5) is 7.53. The molecule has 0 fully saturated rings. The Morgan fingerprint density at radius 2 is 2.15 bits per heavy atom. The molecule has 96 valence electrons. The third kappa shape index (κ3) is 2.38. The molecule has 4 heteroatoms. The Morgan fingerprint density at radius 3 is 2.90 bits per heavy atom. The fourth-order valence-corrected chi connectivity index (χ4v) is 1.87. The standard InChI is InChI=1S/C16H11N3O/c17-11-12(5-3-6-13-7-4-10-20-13)16-18-14-8-1-2-9-15(14)19-16/h1-10H,(H,18,19). The number of aromatic nitrogens is 2. The van der Waals surface area contributed by atoms with Crippen LogP contribution in [0.2, 0.25) is 0 Å². The number of allylic oxidation sites excluding steroid dienone is 3. The number of benzene rings is 1. The molecule has 0 saturated carbocycles. The molecule has 1 N–H and O–H groups in total. The molecule has 0 saturated heterocycles. The van der Waals surface area contributed by atoms with Crippen molar-refractivity contribution in [2.45, 2.75) is 0 Å². The Morgan fingerprint density at radius 1 is 1.25 bits per heavy atom. The van der Waals surface area contributed by atoms with Crippen molar-refractivity contribution in [1.82, 2.24) is 9.97 Å². The van der Waals surface area contributed by atoms with Crippen molar-refractivity contribution in [3.05, 3.63) is 66.4 Å². The SMILES string of the molecule is N#CC(=CC=Cc1ccco1)c1nc2ccccc2[nH]1. The Labute approximate surface area is 115 Å². The van der Waals surface area contributed by atoms with E-state index in [2.05, 4.69) is 16.0 Å². The van der Waals surface area contributed by atoms with Gasteiger partial charge in [-0.1, -0.05) is 18.2 Å². The van der Waals surface area contributed by atoms with Gasteiger partial charge >= 0.3 is 0 Å². The highest BCUT2D eigenvalue weighted by atomic mass is 16.3. The Kier molecular flexibility index (Phi) is 3.17. The molecule has 0 aliphatic heterocycles. The number of fused-ring (bicyclic) bond motifs is 1. The van der Waals surface area contributed by atoms with Crippen molar-refractivity contribution in [3.63, 3.8) is 0 Å². The normalized spacial score (nSPS) is 12.1. The third-order valence-electron chi connectivity index (χ3n) is 2.83. The molecular formula is C16H11N3O. The molecule has 0 amide bonds. The number of hydrogen-bond acceptors (Lipinski definition) is 3. The van der Waals surface area contributed by atoms with Crippen LogP contribution in [0, 0.1) is 11.3 Å². The maximum absolute atomic E-state index is 9.23. The Balaban J connectivity index is 1.91. The van der Waals surface area contributed by atoms with Crippen LogP contribution in [-0.4, -0.2) is 9.97 Å². The number of nitrogens with one attached hydrogen (secondary N) is 1. The van der Waals surface area contributed by atoms with E-state index in [-0.39, 0.29) is 0 Å². The van der Waals surface area contributed by atoms with E-state index in [1.54, 1.807) is 24.5 Å². The Bertz CT molecular complexity index is 784. The van der Waals surface area contributed by atoms with E-state index in [0.29, 0.717) is 11.4 Å². The number of aromatic amines is 1. The highest BCUT2D eigenvalue weighted by Gasteiger charge is 2.05. The maximum Gasteiger partial charge on any atom is 0.149 e. The van der Waals surface area contributed by atoms with Crippen LogP contribution in [0.4, 0.5) is 0 Å². The van der Waals surface area contributed by atoms with Gasteiger partial charge in [0.05, 0.1) is 22.9 Å². The first kappa shape index (κ1) is 12.0. The van der Waals surface area contributed by atoms with Crippen LogP contribution < -0.4 is 0 Å². The summed E-state index contributed by atoms with van der Waals surface area (Å²) < 4.78 is 5.18. The summed E-state index contributed by atoms with van der Waals surface area (Å²) in [6, 6.07) is 13.5. The zero-order valence-electron chi connectivity index (χ0n) is 10.6. The predicted molar refractivity (Wildman–Crippen MR) is 77.4 cm³/mol. The molecule has 0 atom stereocenters. The molecule has 4 nitrogen and oxygen atoms in total. The number of furan rings is 1. The highest BCUT2D eigenvalue weighted by Crippen LogP contribution is 2.16. The van der Waals surface area contributed by atoms with Gasteiger partial charge in [-0.05, 0) is 36.4 Å². The zero-order chi connectivity index (χ0) is 13.8. The quantitative estimate of drug-likeness (QED) is 0.576. The van der Waals surface area contributed by atoms with Crippen molar-refractivity contribution >= 4 is 22.7 Å². The minimum atomic E-state index is 0.476. The van der Waals surface area contributed by atoms with Crippen LogP contribution in [0.3, 0.4) is 0 Å². The second-order valence-electron chi connectivity index (χ2n) is 4.17. The van der Waals surface area contributed by atoms with E-state index in [4.69, 9.17) is 4.42 Å². The van der Waals surface area contributed by atoms with Gasteiger partial charge in [-0.2, -0.15) is 5.26 Å². The summed E-state index contributed by atoms with van der Waals surface area (Å²) >= 11 is 0. The average molecular weight is 261 g/mol. The second kappa shape index (κ2) is 5.29. The van der Waals surface area contributed by atoms with Gasteiger partial charge in [0.2, 0.25) is 0 Å². The smallest absolute Gasteiger partial charge is 0.149 e. The van der Waals surface area contributed by atoms with Crippen LogP contribution in [0.1, 0.15) is 11.6 Å². The van der Waals surface area contributed by atoms with Crippen LogP contribution in [0.25, 0.3) is 22.7 Å². The monoisotopic (exact) mass is 261 g/mol. The largest absolute Gasteiger partial charge is 0.465 e. The van der Waals surface area contributed by atoms with Gasteiger partial charge in [-0.15, -0.1) is 0 Å². The molecule has 0 unspecified atom stereocenters. The summed E-state index contributed by atoms with van der Waals surface area (Å²) in [5.41, 5.74) is 2.24. The summed E-state index contributed by atoms with van der Waals surface area (Å²) in [7, 11) is 0. The van der Waals surface area contributed by atoms with E-state index in [0.717, 1.165) is 16.8 Å². The summed E-state index contributed by atoms with van der Waals surface area (Å²) in [6.07, 6.45) is 6.87. The van der Waals surface area contributed by atoms with Gasteiger partial charge in [0.25, 0.3) is 0 Å². The van der Waals surface area contributed by atoms with E-state index < -0.39 is 0 Å². The number of hydrogen-bond donors (Lipinski definition) is 1. The van der Waals surface area contributed by atoms with Gasteiger partial charge < -0.3 is 9.40 Å². The van der Waals surface area contributed by atoms with Gasteiger partial charge in [0.15, 0.2) is 0 Å². The number of nitriles is 1. The van der Waals surface area contributed by atoms with E-state index in [9.17, 15) is 5.26 Å². The van der Waals surface area contributed by atoms with Gasteiger partial charge in [0, 0.05) is 0 Å². The van der Waals surface area contributed by atoms with Crippen LogP contribution in [0.15, 0.2) is 59.2 Å². The van der Waals surface area contributed by atoms with Crippen LogP contribution >= 0.6 is 0 Å². The summed E-state index contributed by atoms with van der Waals surface area (Å²) in [5.74, 6) is 1.31. The summed E-state index contributed by atoms with van der Waals surface area (Å²) in [5, 5.41) is 9.23. The minimum Gasteiger partial charge on any atom is -0.465 e. The van der Waals surface area contributed by atoms with E-state index in [1.807, 2.05) is 36.4 Å². The minimum absolute atomic E-state index is 0.476. The number of para-hydroxylation sites is 2. The lowest BCUT2D eigenvalue weighted by Crippen LogP contribution is -1.83. The third-order valence-corrected chi connectivity index (χ3v) is 2.83. The number of H-pyrrole nitrogens is 1. The first-order valence-corrected chi connectivity index (χ1v) is 6.14. The van der Waals surface area contributed by atoms with Gasteiger partial charge in [-0.3, -0.25) is 0 Å². The molecule has 3 aromatic rings. The van der Waals surface area contributed by atoms with E-state index in [1.165, 1.54) is 0 Å². The number of rotatable bonds is 3. The molecule has 0 aliphatic rings. The van der Waals surface area contributed by atoms with Gasteiger partial charge in [0.1, 0.15) is 17.7 Å². The molecule has 2 heterocycles. The average Bonchev–Trinajstić information content (AvgIpc) is 3.12. The fourth-order valence-electron chi connectivity index (χ4n) is 1.87. The van der Waals surface area contributed by atoms with Crippen molar-refractivity contribution < 1.29 is 4.42 Å². The molecule has 0 aliphatic carbocycles. The van der Waals surface area contributed by atoms with Gasteiger partial charge in [-0.25, -0.2) is 4.98 Å².